The van der Waals surface area contributed by atoms with E-state index >= 15 is 0 Å². The maximum absolute atomic E-state index is 13.6. The second kappa shape index (κ2) is 5.97. The molecule has 1 amide bonds. The fourth-order valence-corrected chi connectivity index (χ4v) is 2.09. The average Bonchev–Trinajstić information content (AvgIpc) is 2.86. The number of nitrogen functional groups attached to an aromatic ring is 1. The molecule has 2 rings (SSSR count). The molecule has 104 valence electrons. The van der Waals surface area contributed by atoms with Crippen LogP contribution in [0.25, 0.3) is 0 Å². The number of carbonyl (C=O) groups excluding carboxylic acids is 1. The van der Waals surface area contributed by atoms with E-state index in [9.17, 15) is 13.6 Å². The van der Waals surface area contributed by atoms with Crippen molar-refractivity contribution in [3.05, 3.63) is 29.3 Å². The van der Waals surface area contributed by atoms with E-state index in [1.165, 1.54) is 0 Å². The van der Waals surface area contributed by atoms with E-state index in [0.29, 0.717) is 13.0 Å². The molecule has 0 radical (unpaired) electrons. The Morgan fingerprint density at radius 2 is 2.26 bits per heavy atom. The highest BCUT2D eigenvalue weighted by Crippen LogP contribution is 2.18. The molecule has 1 aromatic rings. The SMILES string of the molecule is Nc1cc(F)cc(C(=O)NCCC2CCCO2)c1F. The van der Waals surface area contributed by atoms with Gasteiger partial charge in [-0.3, -0.25) is 4.79 Å². The molecule has 19 heavy (non-hydrogen) atoms. The summed E-state index contributed by atoms with van der Waals surface area (Å²) in [5, 5.41) is 2.54. The van der Waals surface area contributed by atoms with Gasteiger partial charge in [-0.1, -0.05) is 0 Å². The van der Waals surface area contributed by atoms with Crippen molar-refractivity contribution in [2.75, 3.05) is 18.9 Å². The minimum atomic E-state index is -0.893. The number of nitrogens with two attached hydrogens (primary N) is 1. The first kappa shape index (κ1) is 13.7. The lowest BCUT2D eigenvalue weighted by Gasteiger charge is -2.11. The first-order chi connectivity index (χ1) is 9.08. The Kier molecular flexibility index (Phi) is 4.31. The van der Waals surface area contributed by atoms with Crippen LogP contribution < -0.4 is 11.1 Å². The van der Waals surface area contributed by atoms with E-state index in [2.05, 4.69) is 5.32 Å². The van der Waals surface area contributed by atoms with Gasteiger partial charge in [-0.25, -0.2) is 8.78 Å². The van der Waals surface area contributed by atoms with Crippen LogP contribution in [0.1, 0.15) is 29.6 Å². The van der Waals surface area contributed by atoms with Crippen LogP contribution in [-0.2, 0) is 4.74 Å². The van der Waals surface area contributed by atoms with Gasteiger partial charge in [0.2, 0.25) is 0 Å². The Morgan fingerprint density at radius 1 is 1.47 bits per heavy atom. The number of anilines is 1. The molecule has 1 aliphatic rings. The zero-order valence-corrected chi connectivity index (χ0v) is 10.4. The number of benzene rings is 1. The molecule has 0 aliphatic carbocycles. The van der Waals surface area contributed by atoms with Gasteiger partial charge in [0, 0.05) is 13.2 Å². The smallest absolute Gasteiger partial charge is 0.254 e. The molecule has 1 unspecified atom stereocenters. The van der Waals surface area contributed by atoms with Crippen LogP contribution in [0.2, 0.25) is 0 Å². The normalized spacial score (nSPS) is 18.5. The predicted molar refractivity (Wildman–Crippen MR) is 66.7 cm³/mol. The Bertz CT molecular complexity index is 474. The number of hydrogen-bond donors (Lipinski definition) is 2. The fraction of sp³-hybridized carbons (Fsp3) is 0.462. The standard InChI is InChI=1S/C13H16F2N2O2/c14-8-6-10(12(15)11(16)7-8)13(18)17-4-3-9-2-1-5-19-9/h6-7,9H,1-5,16H2,(H,17,18). The van der Waals surface area contributed by atoms with Crippen LogP contribution >= 0.6 is 0 Å². The van der Waals surface area contributed by atoms with Gasteiger partial charge in [0.1, 0.15) is 5.82 Å². The van der Waals surface area contributed by atoms with Crippen LogP contribution in [0.3, 0.4) is 0 Å². The first-order valence-corrected chi connectivity index (χ1v) is 6.22. The highest BCUT2D eigenvalue weighted by atomic mass is 19.1. The summed E-state index contributed by atoms with van der Waals surface area (Å²) in [5.41, 5.74) is 4.53. The molecular formula is C13H16F2N2O2. The molecule has 1 fully saturated rings. The van der Waals surface area contributed by atoms with Crippen LogP contribution in [0.5, 0.6) is 0 Å². The van der Waals surface area contributed by atoms with Crippen LogP contribution in [-0.4, -0.2) is 25.2 Å². The van der Waals surface area contributed by atoms with Gasteiger partial charge in [0.25, 0.3) is 5.91 Å². The molecular weight excluding hydrogens is 254 g/mol. The van der Waals surface area contributed by atoms with Crippen molar-refractivity contribution >= 4 is 11.6 Å². The molecule has 1 aromatic carbocycles. The number of hydrogen-bond acceptors (Lipinski definition) is 3. The van der Waals surface area contributed by atoms with Crippen molar-refractivity contribution in [1.82, 2.24) is 5.32 Å². The highest BCUT2D eigenvalue weighted by Gasteiger charge is 2.18. The van der Waals surface area contributed by atoms with Gasteiger partial charge in [-0.2, -0.15) is 0 Å². The largest absolute Gasteiger partial charge is 0.396 e. The zero-order valence-electron chi connectivity index (χ0n) is 10.4. The Labute approximate surface area is 109 Å². The molecule has 0 saturated carbocycles. The number of halogens is 2. The molecule has 6 heteroatoms. The van der Waals surface area contributed by atoms with Crippen LogP contribution in [0.15, 0.2) is 12.1 Å². The molecule has 0 spiro atoms. The second-order valence-corrected chi connectivity index (χ2v) is 4.54. The van der Waals surface area contributed by atoms with Crippen molar-refractivity contribution in [1.29, 1.82) is 0 Å². The van der Waals surface area contributed by atoms with Gasteiger partial charge in [-0.05, 0) is 31.4 Å². The van der Waals surface area contributed by atoms with Gasteiger partial charge in [0.15, 0.2) is 5.82 Å². The summed E-state index contributed by atoms with van der Waals surface area (Å²) in [7, 11) is 0. The zero-order chi connectivity index (χ0) is 13.8. The van der Waals surface area contributed by atoms with E-state index in [-0.39, 0.29) is 17.4 Å². The third-order valence-electron chi connectivity index (χ3n) is 3.09. The summed E-state index contributed by atoms with van der Waals surface area (Å²) in [5.74, 6) is -2.29. The van der Waals surface area contributed by atoms with Crippen LogP contribution in [0, 0.1) is 11.6 Å². The minimum Gasteiger partial charge on any atom is -0.396 e. The molecule has 0 aromatic heterocycles. The van der Waals surface area contributed by atoms with Crippen LogP contribution in [0.4, 0.5) is 14.5 Å². The van der Waals surface area contributed by atoms with Crippen molar-refractivity contribution in [2.45, 2.75) is 25.4 Å². The molecule has 1 aliphatic heterocycles. The lowest BCUT2D eigenvalue weighted by molar-refractivity contribution is 0.0903. The number of nitrogens with one attached hydrogen (secondary N) is 1. The van der Waals surface area contributed by atoms with Crippen molar-refractivity contribution in [2.24, 2.45) is 0 Å². The van der Waals surface area contributed by atoms with E-state index in [1.54, 1.807) is 0 Å². The highest BCUT2D eigenvalue weighted by molar-refractivity contribution is 5.95. The summed E-state index contributed by atoms with van der Waals surface area (Å²) in [6, 6.07) is 1.69. The van der Waals surface area contributed by atoms with Gasteiger partial charge >= 0.3 is 0 Å². The average molecular weight is 270 g/mol. The summed E-state index contributed by atoms with van der Waals surface area (Å²) in [4.78, 5) is 11.7. The summed E-state index contributed by atoms with van der Waals surface area (Å²) >= 11 is 0. The monoisotopic (exact) mass is 270 g/mol. The molecule has 3 N–H and O–H groups in total. The molecule has 1 saturated heterocycles. The lowest BCUT2D eigenvalue weighted by Crippen LogP contribution is -2.28. The third-order valence-corrected chi connectivity index (χ3v) is 3.09. The quantitative estimate of drug-likeness (QED) is 0.821. The fourth-order valence-electron chi connectivity index (χ4n) is 2.09. The minimum absolute atomic E-state index is 0.141. The molecule has 1 atom stereocenters. The van der Waals surface area contributed by atoms with Gasteiger partial charge in [-0.15, -0.1) is 0 Å². The van der Waals surface area contributed by atoms with E-state index < -0.39 is 17.5 Å². The summed E-state index contributed by atoms with van der Waals surface area (Å²) < 4.78 is 32.1. The Morgan fingerprint density at radius 3 is 2.95 bits per heavy atom. The summed E-state index contributed by atoms with van der Waals surface area (Å²) in [6.45, 7) is 1.10. The molecule has 4 nitrogen and oxygen atoms in total. The predicted octanol–water partition coefficient (Wildman–Crippen LogP) is 1.85. The van der Waals surface area contributed by atoms with E-state index in [4.69, 9.17) is 10.5 Å². The van der Waals surface area contributed by atoms with Gasteiger partial charge in [0.05, 0.1) is 17.4 Å². The topological polar surface area (TPSA) is 64.4 Å². The van der Waals surface area contributed by atoms with E-state index in [1.807, 2.05) is 0 Å². The Hall–Kier alpha value is -1.69. The number of amides is 1. The van der Waals surface area contributed by atoms with Gasteiger partial charge < -0.3 is 15.8 Å². The number of rotatable bonds is 4. The number of carbonyl (C=O) groups is 1. The van der Waals surface area contributed by atoms with Crippen molar-refractivity contribution in [3.63, 3.8) is 0 Å². The second-order valence-electron chi connectivity index (χ2n) is 4.54. The van der Waals surface area contributed by atoms with Crippen molar-refractivity contribution in [3.8, 4) is 0 Å². The summed E-state index contributed by atoms with van der Waals surface area (Å²) in [6.07, 6.45) is 2.80. The van der Waals surface area contributed by atoms with E-state index in [0.717, 1.165) is 31.6 Å². The first-order valence-electron chi connectivity index (χ1n) is 6.22. The maximum Gasteiger partial charge on any atom is 0.254 e. The number of ether oxygens (including phenoxy) is 1. The molecule has 1 heterocycles. The van der Waals surface area contributed by atoms with Crippen molar-refractivity contribution < 1.29 is 18.3 Å². The Balaban J connectivity index is 1.92. The third kappa shape index (κ3) is 3.41. The molecule has 0 bridgehead atoms. The maximum atomic E-state index is 13.6. The lowest BCUT2D eigenvalue weighted by atomic mass is 10.1.